The first-order chi connectivity index (χ1) is 11.7. The van der Waals surface area contributed by atoms with E-state index >= 15 is 0 Å². The van der Waals surface area contributed by atoms with Gasteiger partial charge in [0.05, 0.1) is 38.4 Å². The van der Waals surface area contributed by atoms with Gasteiger partial charge in [0, 0.05) is 6.20 Å². The molecule has 0 saturated carbocycles. The van der Waals surface area contributed by atoms with E-state index in [4.69, 9.17) is 9.47 Å². The van der Waals surface area contributed by atoms with Crippen molar-refractivity contribution in [3.63, 3.8) is 0 Å². The lowest BCUT2D eigenvalue weighted by atomic mass is 10.1. The quantitative estimate of drug-likeness (QED) is 0.755. The summed E-state index contributed by atoms with van der Waals surface area (Å²) in [6, 6.07) is 13.3. The van der Waals surface area contributed by atoms with Gasteiger partial charge in [0.15, 0.2) is 11.5 Å². The molecule has 0 fully saturated rings. The fraction of sp³-hybridized carbons (Fsp3) is 0.222. The summed E-state index contributed by atoms with van der Waals surface area (Å²) in [6.07, 6.45) is 2.15. The molecule has 1 N–H and O–H groups in total. The van der Waals surface area contributed by atoms with Gasteiger partial charge in [0.25, 0.3) is 0 Å². The first kappa shape index (κ1) is 15.9. The molecular formula is C18H19N3O3. The van der Waals surface area contributed by atoms with Gasteiger partial charge in [-0.1, -0.05) is 12.1 Å². The number of amides is 1. The largest absolute Gasteiger partial charge is 0.493 e. The SMILES string of the molecule is COc1ccc(CC(=O)NCc2cc3ccccn3n2)cc1OC. The van der Waals surface area contributed by atoms with Gasteiger partial charge < -0.3 is 14.8 Å². The number of carbonyl (C=O) groups excluding carboxylic acids is 1. The van der Waals surface area contributed by atoms with Crippen molar-refractivity contribution in [2.24, 2.45) is 0 Å². The molecular weight excluding hydrogens is 306 g/mol. The third kappa shape index (κ3) is 3.48. The molecule has 0 bridgehead atoms. The average molecular weight is 325 g/mol. The molecule has 2 heterocycles. The Morgan fingerprint density at radius 2 is 1.96 bits per heavy atom. The zero-order valence-electron chi connectivity index (χ0n) is 13.7. The number of methoxy groups -OCH3 is 2. The van der Waals surface area contributed by atoms with Crippen LogP contribution in [0, 0.1) is 0 Å². The van der Waals surface area contributed by atoms with Crippen LogP contribution in [0.3, 0.4) is 0 Å². The number of pyridine rings is 1. The van der Waals surface area contributed by atoms with Crippen LogP contribution in [-0.4, -0.2) is 29.7 Å². The Kier molecular flexibility index (Phi) is 4.65. The van der Waals surface area contributed by atoms with Crippen molar-refractivity contribution in [3.05, 3.63) is 59.9 Å². The van der Waals surface area contributed by atoms with Crippen molar-refractivity contribution < 1.29 is 14.3 Å². The predicted molar refractivity (Wildman–Crippen MR) is 90.3 cm³/mol. The molecule has 0 unspecified atom stereocenters. The molecule has 2 aromatic heterocycles. The summed E-state index contributed by atoms with van der Waals surface area (Å²) in [5.41, 5.74) is 2.68. The summed E-state index contributed by atoms with van der Waals surface area (Å²) in [5.74, 6) is 1.19. The second kappa shape index (κ2) is 7.04. The summed E-state index contributed by atoms with van der Waals surface area (Å²) in [7, 11) is 3.16. The van der Waals surface area contributed by atoms with Crippen LogP contribution in [0.15, 0.2) is 48.7 Å². The lowest BCUT2D eigenvalue weighted by Crippen LogP contribution is -2.24. The minimum atomic E-state index is -0.0701. The molecule has 3 aromatic rings. The van der Waals surface area contributed by atoms with Gasteiger partial charge in [-0.05, 0) is 35.9 Å². The Labute approximate surface area is 140 Å². The van der Waals surface area contributed by atoms with Crippen molar-refractivity contribution in [2.45, 2.75) is 13.0 Å². The Morgan fingerprint density at radius 3 is 2.71 bits per heavy atom. The van der Waals surface area contributed by atoms with Gasteiger partial charge in [-0.3, -0.25) is 4.79 Å². The molecule has 6 nitrogen and oxygen atoms in total. The molecule has 0 aliphatic rings. The second-order valence-corrected chi connectivity index (χ2v) is 5.35. The summed E-state index contributed by atoms with van der Waals surface area (Å²) in [4.78, 5) is 12.1. The Bertz CT molecular complexity index is 825. The molecule has 0 atom stereocenters. The maximum Gasteiger partial charge on any atom is 0.224 e. The zero-order chi connectivity index (χ0) is 16.9. The van der Waals surface area contributed by atoms with E-state index in [2.05, 4.69) is 10.4 Å². The number of nitrogens with one attached hydrogen (secondary N) is 1. The van der Waals surface area contributed by atoms with E-state index in [0.717, 1.165) is 16.8 Å². The van der Waals surface area contributed by atoms with E-state index in [1.54, 1.807) is 24.8 Å². The number of ether oxygens (including phenoxy) is 2. The lowest BCUT2D eigenvalue weighted by molar-refractivity contribution is -0.120. The number of hydrogen-bond acceptors (Lipinski definition) is 4. The number of carbonyl (C=O) groups is 1. The molecule has 24 heavy (non-hydrogen) atoms. The van der Waals surface area contributed by atoms with Gasteiger partial charge >= 0.3 is 0 Å². The Hall–Kier alpha value is -3.02. The highest BCUT2D eigenvalue weighted by Crippen LogP contribution is 2.27. The average Bonchev–Trinajstić information content (AvgIpc) is 3.03. The molecule has 0 radical (unpaired) electrons. The molecule has 6 heteroatoms. The standard InChI is InChI=1S/C18H19N3O3/c1-23-16-7-6-13(9-17(16)24-2)10-18(22)19-12-14-11-15-5-3-4-8-21(15)20-14/h3-9,11H,10,12H2,1-2H3,(H,19,22). The third-order valence-electron chi connectivity index (χ3n) is 3.70. The lowest BCUT2D eigenvalue weighted by Gasteiger charge is -2.09. The predicted octanol–water partition coefficient (Wildman–Crippen LogP) is 2.21. The maximum atomic E-state index is 12.1. The first-order valence-corrected chi connectivity index (χ1v) is 7.60. The van der Waals surface area contributed by atoms with Crippen molar-refractivity contribution in [3.8, 4) is 11.5 Å². The van der Waals surface area contributed by atoms with E-state index in [9.17, 15) is 4.79 Å². The minimum Gasteiger partial charge on any atom is -0.493 e. The Morgan fingerprint density at radius 1 is 1.12 bits per heavy atom. The van der Waals surface area contributed by atoms with E-state index in [-0.39, 0.29) is 12.3 Å². The second-order valence-electron chi connectivity index (χ2n) is 5.35. The fourth-order valence-corrected chi connectivity index (χ4v) is 2.51. The number of nitrogens with zero attached hydrogens (tertiary/aromatic N) is 2. The molecule has 3 rings (SSSR count). The van der Waals surface area contributed by atoms with Gasteiger partial charge in [-0.2, -0.15) is 5.10 Å². The zero-order valence-corrected chi connectivity index (χ0v) is 13.7. The number of aromatic nitrogens is 2. The minimum absolute atomic E-state index is 0.0701. The summed E-state index contributed by atoms with van der Waals surface area (Å²) < 4.78 is 12.2. The third-order valence-corrected chi connectivity index (χ3v) is 3.70. The number of rotatable bonds is 6. The highest BCUT2D eigenvalue weighted by Gasteiger charge is 2.09. The maximum absolute atomic E-state index is 12.1. The van der Waals surface area contributed by atoms with E-state index in [1.165, 1.54) is 0 Å². The van der Waals surface area contributed by atoms with Crippen LogP contribution in [0.1, 0.15) is 11.3 Å². The number of hydrogen-bond donors (Lipinski definition) is 1. The molecule has 0 spiro atoms. The van der Waals surface area contributed by atoms with Crippen LogP contribution in [-0.2, 0) is 17.8 Å². The van der Waals surface area contributed by atoms with Crippen LogP contribution in [0.2, 0.25) is 0 Å². The van der Waals surface area contributed by atoms with Crippen LogP contribution in [0.25, 0.3) is 5.52 Å². The molecule has 0 saturated heterocycles. The molecule has 0 aliphatic carbocycles. The van der Waals surface area contributed by atoms with Gasteiger partial charge in [0.1, 0.15) is 0 Å². The van der Waals surface area contributed by atoms with E-state index in [0.29, 0.717) is 18.0 Å². The van der Waals surface area contributed by atoms with E-state index in [1.807, 2.05) is 42.6 Å². The summed E-state index contributed by atoms with van der Waals surface area (Å²) >= 11 is 0. The van der Waals surface area contributed by atoms with Crippen molar-refractivity contribution >= 4 is 11.4 Å². The Balaban J connectivity index is 1.61. The van der Waals surface area contributed by atoms with Crippen LogP contribution < -0.4 is 14.8 Å². The van der Waals surface area contributed by atoms with Gasteiger partial charge in [-0.15, -0.1) is 0 Å². The summed E-state index contributed by atoms with van der Waals surface area (Å²) in [6.45, 7) is 0.397. The van der Waals surface area contributed by atoms with Crippen LogP contribution in [0.4, 0.5) is 0 Å². The normalized spacial score (nSPS) is 10.6. The number of fused-ring (bicyclic) bond motifs is 1. The molecule has 0 aliphatic heterocycles. The summed E-state index contributed by atoms with van der Waals surface area (Å²) in [5, 5.41) is 7.29. The monoisotopic (exact) mass is 325 g/mol. The van der Waals surface area contributed by atoms with Crippen molar-refractivity contribution in [2.75, 3.05) is 14.2 Å². The highest BCUT2D eigenvalue weighted by molar-refractivity contribution is 5.78. The van der Waals surface area contributed by atoms with Crippen molar-refractivity contribution in [1.82, 2.24) is 14.9 Å². The highest BCUT2D eigenvalue weighted by atomic mass is 16.5. The molecule has 124 valence electrons. The van der Waals surface area contributed by atoms with Gasteiger partial charge in [0.2, 0.25) is 5.91 Å². The van der Waals surface area contributed by atoms with Crippen molar-refractivity contribution in [1.29, 1.82) is 0 Å². The van der Waals surface area contributed by atoms with Crippen LogP contribution in [0.5, 0.6) is 11.5 Å². The topological polar surface area (TPSA) is 64.9 Å². The van der Waals surface area contributed by atoms with Crippen LogP contribution >= 0.6 is 0 Å². The smallest absolute Gasteiger partial charge is 0.224 e. The van der Waals surface area contributed by atoms with Gasteiger partial charge in [-0.25, -0.2) is 4.52 Å². The fourth-order valence-electron chi connectivity index (χ4n) is 2.51. The number of benzene rings is 1. The molecule has 1 amide bonds. The molecule has 1 aromatic carbocycles. The van der Waals surface area contributed by atoms with E-state index < -0.39 is 0 Å². The first-order valence-electron chi connectivity index (χ1n) is 7.60.